The first kappa shape index (κ1) is 22.6. The molecule has 4 nitrogen and oxygen atoms in total. The Bertz CT molecular complexity index is 293. The van der Waals surface area contributed by atoms with Crippen LogP contribution < -0.4 is 5.73 Å². The number of hydrogen-bond donors (Lipinski definition) is 2. The molecule has 0 aromatic rings. The second-order valence-corrected chi connectivity index (χ2v) is 7.54. The molecular formula is C19H41N2O2+. The van der Waals surface area contributed by atoms with Gasteiger partial charge in [0.05, 0.1) is 20.6 Å². The van der Waals surface area contributed by atoms with Crippen LogP contribution in [0.4, 0.5) is 0 Å². The van der Waals surface area contributed by atoms with E-state index >= 15 is 0 Å². The maximum Gasteiger partial charge on any atom is 0.167 e. The zero-order valence-electron chi connectivity index (χ0n) is 15.9. The molecule has 23 heavy (non-hydrogen) atoms. The molecule has 0 saturated heterocycles. The lowest BCUT2D eigenvalue weighted by Crippen LogP contribution is -2.48. The molecular weight excluding hydrogens is 288 g/mol. The lowest BCUT2D eigenvalue weighted by Gasteiger charge is -2.31. The van der Waals surface area contributed by atoms with Crippen molar-refractivity contribution < 1.29 is 14.4 Å². The van der Waals surface area contributed by atoms with E-state index in [-0.39, 0.29) is 5.78 Å². The van der Waals surface area contributed by atoms with E-state index < -0.39 is 6.10 Å². The average molecular weight is 330 g/mol. The largest absolute Gasteiger partial charge is 0.380 e. The number of aliphatic hydroxyl groups excluding tert-OH is 1. The lowest BCUT2D eigenvalue weighted by atomic mass is 10.0. The fraction of sp³-hybridized carbons (Fsp3) is 0.947. The van der Waals surface area contributed by atoms with Gasteiger partial charge < -0.3 is 15.3 Å². The van der Waals surface area contributed by atoms with E-state index in [4.69, 9.17) is 5.73 Å². The molecule has 0 aliphatic heterocycles. The van der Waals surface area contributed by atoms with E-state index in [0.29, 0.717) is 24.0 Å². The Morgan fingerprint density at radius 3 is 2.00 bits per heavy atom. The Hall–Kier alpha value is -0.450. The number of carbonyl (C=O) groups excluding carboxylic acids is 1. The van der Waals surface area contributed by atoms with Gasteiger partial charge in [-0.3, -0.25) is 4.79 Å². The van der Waals surface area contributed by atoms with Crippen LogP contribution in [0.2, 0.25) is 0 Å². The van der Waals surface area contributed by atoms with Gasteiger partial charge in [0.25, 0.3) is 0 Å². The van der Waals surface area contributed by atoms with Crippen molar-refractivity contribution in [2.75, 3.05) is 33.7 Å². The summed E-state index contributed by atoms with van der Waals surface area (Å²) in [5.41, 5.74) is 5.53. The summed E-state index contributed by atoms with van der Waals surface area (Å²) in [6.45, 7) is 4.29. The van der Waals surface area contributed by atoms with Crippen molar-refractivity contribution >= 4 is 5.78 Å². The average Bonchev–Trinajstić information content (AvgIpc) is 2.50. The lowest BCUT2D eigenvalue weighted by molar-refractivity contribution is -0.892. The third-order valence-corrected chi connectivity index (χ3v) is 4.53. The normalized spacial score (nSPS) is 13.3. The monoisotopic (exact) mass is 329 g/mol. The van der Waals surface area contributed by atoms with E-state index in [1.54, 1.807) is 0 Å². The van der Waals surface area contributed by atoms with Crippen molar-refractivity contribution in [1.29, 1.82) is 0 Å². The first-order chi connectivity index (χ1) is 10.9. The molecule has 0 amide bonds. The second kappa shape index (κ2) is 13.9. The minimum Gasteiger partial charge on any atom is -0.380 e. The molecule has 3 N–H and O–H groups in total. The van der Waals surface area contributed by atoms with Crippen molar-refractivity contribution in [3.05, 3.63) is 0 Å². The predicted molar refractivity (Wildman–Crippen MR) is 98.4 cm³/mol. The molecule has 0 aromatic heterocycles. The van der Waals surface area contributed by atoms with Gasteiger partial charge in [-0.1, -0.05) is 58.3 Å². The quantitative estimate of drug-likeness (QED) is 0.337. The van der Waals surface area contributed by atoms with Crippen LogP contribution in [0.1, 0.15) is 77.6 Å². The Kier molecular flexibility index (Phi) is 13.7. The summed E-state index contributed by atoms with van der Waals surface area (Å²) >= 11 is 0. The molecule has 0 aliphatic carbocycles. The highest BCUT2D eigenvalue weighted by atomic mass is 16.3. The topological polar surface area (TPSA) is 63.3 Å². The summed E-state index contributed by atoms with van der Waals surface area (Å²) in [5.74, 6) is 0.00638. The van der Waals surface area contributed by atoms with Gasteiger partial charge in [0.15, 0.2) is 11.9 Å². The summed E-state index contributed by atoms with van der Waals surface area (Å²) in [5, 5.41) is 10.1. The SMILES string of the molecule is CCCCCCCCCCCC(=O)C(O)C[N+](C)(C)CCCN. The van der Waals surface area contributed by atoms with Crippen LogP contribution in [0.5, 0.6) is 0 Å². The van der Waals surface area contributed by atoms with Crippen molar-refractivity contribution in [2.45, 2.75) is 83.7 Å². The van der Waals surface area contributed by atoms with Crippen LogP contribution in [0.25, 0.3) is 0 Å². The minimum absolute atomic E-state index is 0.00638. The minimum atomic E-state index is -0.822. The number of carbonyl (C=O) groups is 1. The Labute approximate surface area is 144 Å². The number of likely N-dealkylation sites (N-methyl/N-ethyl adjacent to an activating group) is 1. The molecule has 0 radical (unpaired) electrons. The number of quaternary nitrogens is 1. The first-order valence-corrected chi connectivity index (χ1v) is 9.66. The summed E-state index contributed by atoms with van der Waals surface area (Å²) in [4.78, 5) is 12.0. The number of unbranched alkanes of at least 4 members (excludes halogenated alkanes) is 8. The smallest absolute Gasteiger partial charge is 0.167 e. The van der Waals surface area contributed by atoms with Crippen molar-refractivity contribution in [2.24, 2.45) is 5.73 Å². The first-order valence-electron chi connectivity index (χ1n) is 9.66. The number of Topliss-reactive ketones (excluding diaryl/α,β-unsaturated/α-hetero) is 1. The van der Waals surface area contributed by atoms with Gasteiger partial charge in [-0.05, 0) is 13.0 Å². The molecule has 0 aliphatic rings. The van der Waals surface area contributed by atoms with E-state index in [2.05, 4.69) is 6.92 Å². The number of nitrogens with two attached hydrogens (primary N) is 1. The van der Waals surface area contributed by atoms with Crippen molar-refractivity contribution in [3.63, 3.8) is 0 Å². The van der Waals surface area contributed by atoms with Gasteiger partial charge in [0.2, 0.25) is 0 Å². The van der Waals surface area contributed by atoms with E-state index in [1.165, 1.54) is 44.9 Å². The second-order valence-electron chi connectivity index (χ2n) is 7.54. The molecule has 138 valence electrons. The number of aliphatic hydroxyl groups is 1. The number of hydrogen-bond acceptors (Lipinski definition) is 3. The van der Waals surface area contributed by atoms with Gasteiger partial charge in [-0.15, -0.1) is 0 Å². The molecule has 4 heteroatoms. The summed E-state index contributed by atoms with van der Waals surface area (Å²) in [6, 6.07) is 0. The zero-order valence-corrected chi connectivity index (χ0v) is 15.9. The van der Waals surface area contributed by atoms with E-state index in [1.807, 2.05) is 14.1 Å². The summed E-state index contributed by atoms with van der Waals surface area (Å²) in [6.07, 6.45) is 11.8. The molecule has 0 aromatic carbocycles. The Balaban J connectivity index is 3.65. The van der Waals surface area contributed by atoms with Crippen LogP contribution in [0.3, 0.4) is 0 Å². The number of rotatable bonds is 16. The van der Waals surface area contributed by atoms with Crippen molar-refractivity contribution in [3.8, 4) is 0 Å². The molecule has 0 saturated carbocycles. The molecule has 0 rings (SSSR count). The fourth-order valence-electron chi connectivity index (χ4n) is 2.96. The van der Waals surface area contributed by atoms with Gasteiger partial charge in [0.1, 0.15) is 6.54 Å². The van der Waals surface area contributed by atoms with E-state index in [9.17, 15) is 9.90 Å². The van der Waals surface area contributed by atoms with Crippen molar-refractivity contribution in [1.82, 2.24) is 0 Å². The van der Waals surface area contributed by atoms with E-state index in [0.717, 1.165) is 25.8 Å². The number of ketones is 1. The molecule has 0 bridgehead atoms. The maximum absolute atomic E-state index is 12.0. The zero-order chi connectivity index (χ0) is 17.6. The molecule has 0 spiro atoms. The Morgan fingerprint density at radius 2 is 1.48 bits per heavy atom. The van der Waals surface area contributed by atoms with Crippen LogP contribution in [0, 0.1) is 0 Å². The number of nitrogens with zero attached hydrogens (tertiary/aromatic N) is 1. The van der Waals surface area contributed by atoms with Crippen LogP contribution >= 0.6 is 0 Å². The van der Waals surface area contributed by atoms with Gasteiger partial charge >= 0.3 is 0 Å². The highest BCUT2D eigenvalue weighted by Crippen LogP contribution is 2.12. The third kappa shape index (κ3) is 13.7. The highest BCUT2D eigenvalue weighted by Gasteiger charge is 2.24. The summed E-state index contributed by atoms with van der Waals surface area (Å²) < 4.78 is 0.655. The maximum atomic E-state index is 12.0. The van der Waals surface area contributed by atoms with Crippen LogP contribution in [-0.4, -0.2) is 55.2 Å². The molecule has 0 heterocycles. The molecule has 0 fully saturated rings. The predicted octanol–water partition coefficient (Wildman–Crippen LogP) is 3.26. The molecule has 1 unspecified atom stereocenters. The Morgan fingerprint density at radius 1 is 0.957 bits per heavy atom. The van der Waals surface area contributed by atoms with Crippen LogP contribution in [-0.2, 0) is 4.79 Å². The van der Waals surface area contributed by atoms with Gasteiger partial charge in [-0.2, -0.15) is 0 Å². The molecule has 1 atom stereocenters. The standard InChI is InChI=1S/C19H41N2O2/c1-4-5-6-7-8-9-10-11-12-14-18(22)19(23)17-21(2,3)16-13-15-20/h19,23H,4-17,20H2,1-3H3/q+1. The van der Waals surface area contributed by atoms with Crippen LogP contribution in [0.15, 0.2) is 0 Å². The van der Waals surface area contributed by atoms with Gasteiger partial charge in [0, 0.05) is 12.8 Å². The summed E-state index contributed by atoms with van der Waals surface area (Å²) in [7, 11) is 4.09. The van der Waals surface area contributed by atoms with Gasteiger partial charge in [-0.25, -0.2) is 0 Å². The fourth-order valence-corrected chi connectivity index (χ4v) is 2.96. The third-order valence-electron chi connectivity index (χ3n) is 4.53. The highest BCUT2D eigenvalue weighted by molar-refractivity contribution is 5.82.